The molecule has 0 aromatic heterocycles. The molecule has 9 heteroatoms. The second-order valence-electron chi connectivity index (χ2n) is 8.61. The van der Waals surface area contributed by atoms with Gasteiger partial charge in [0.15, 0.2) is 11.9 Å². The van der Waals surface area contributed by atoms with E-state index in [0.29, 0.717) is 36.3 Å². The minimum absolute atomic E-state index is 0.111. The molecule has 0 aliphatic carbocycles. The summed E-state index contributed by atoms with van der Waals surface area (Å²) in [4.78, 5) is 13.7. The van der Waals surface area contributed by atoms with Crippen LogP contribution in [0.1, 0.15) is 31.4 Å². The van der Waals surface area contributed by atoms with Crippen molar-refractivity contribution in [3.05, 3.63) is 83.9 Å². The van der Waals surface area contributed by atoms with Crippen LogP contribution < -0.4 is 14.5 Å². The zero-order valence-electron chi connectivity index (χ0n) is 20.3. The fourth-order valence-corrected chi connectivity index (χ4v) is 5.72. The molecule has 8 nitrogen and oxygen atoms in total. The van der Waals surface area contributed by atoms with E-state index >= 15 is 0 Å². The number of fused-ring (bicyclic) bond motifs is 1. The molecule has 0 spiro atoms. The van der Waals surface area contributed by atoms with Crippen molar-refractivity contribution in [2.45, 2.75) is 37.8 Å². The van der Waals surface area contributed by atoms with Gasteiger partial charge in [-0.25, -0.2) is 8.42 Å². The molecule has 0 radical (unpaired) electrons. The van der Waals surface area contributed by atoms with E-state index in [1.165, 1.54) is 12.1 Å². The minimum Gasteiger partial charge on any atom is -0.420 e. The number of sulfonamides is 1. The smallest absolute Gasteiger partial charge is 0.420 e. The number of benzene rings is 3. The summed E-state index contributed by atoms with van der Waals surface area (Å²) in [7, 11) is -3.80. The lowest BCUT2D eigenvalue weighted by atomic mass is 10.1. The van der Waals surface area contributed by atoms with Crippen LogP contribution in [-0.4, -0.2) is 33.8 Å². The van der Waals surface area contributed by atoms with Gasteiger partial charge in [-0.2, -0.15) is 14.5 Å². The molecule has 0 bridgehead atoms. The summed E-state index contributed by atoms with van der Waals surface area (Å²) in [6.45, 7) is 4.46. The minimum atomic E-state index is -3.80. The first-order chi connectivity index (χ1) is 17.3. The zero-order valence-corrected chi connectivity index (χ0v) is 21.1. The topological polar surface area (TPSA) is 108 Å². The summed E-state index contributed by atoms with van der Waals surface area (Å²) in [5, 5.41) is 12.6. The number of anilines is 2. The predicted molar refractivity (Wildman–Crippen MR) is 140 cm³/mol. The highest BCUT2D eigenvalue weighted by Crippen LogP contribution is 2.44. The number of nitrogens with zero attached hydrogens (tertiary/aromatic N) is 2. The maximum atomic E-state index is 13.6. The summed E-state index contributed by atoms with van der Waals surface area (Å²) in [5.41, 5.74) is 3.30. The van der Waals surface area contributed by atoms with Crippen molar-refractivity contribution in [2.24, 2.45) is 0 Å². The van der Waals surface area contributed by atoms with Crippen molar-refractivity contribution in [1.82, 2.24) is 4.48 Å². The Kier molecular flexibility index (Phi) is 7.29. The van der Waals surface area contributed by atoms with Gasteiger partial charge < -0.3 is 10.1 Å². The van der Waals surface area contributed by atoms with Gasteiger partial charge in [0, 0.05) is 12.5 Å². The summed E-state index contributed by atoms with van der Waals surface area (Å²) < 4.78 is 34.0. The summed E-state index contributed by atoms with van der Waals surface area (Å²) in [6, 6.07) is 22.7. The van der Waals surface area contributed by atoms with Gasteiger partial charge in [-0.05, 0) is 55.3 Å². The third-order valence-electron chi connectivity index (χ3n) is 6.27. The number of carbonyl (C=O) groups excluding carboxylic acids is 1. The lowest BCUT2D eigenvalue weighted by Crippen LogP contribution is -2.61. The maximum absolute atomic E-state index is 13.6. The molecule has 2 unspecified atom stereocenters. The maximum Gasteiger partial charge on any atom is 0.523 e. The lowest BCUT2D eigenvalue weighted by molar-refractivity contribution is 0.0996. The van der Waals surface area contributed by atoms with Crippen LogP contribution in [0.4, 0.5) is 21.9 Å². The molecule has 3 aromatic carbocycles. The molecule has 2 atom stereocenters. The van der Waals surface area contributed by atoms with Crippen LogP contribution in [0.2, 0.25) is 0 Å². The molecule has 36 heavy (non-hydrogen) atoms. The Morgan fingerprint density at radius 3 is 2.44 bits per heavy atom. The van der Waals surface area contributed by atoms with E-state index in [1.54, 1.807) is 55.5 Å². The lowest BCUT2D eigenvalue weighted by Gasteiger charge is -2.35. The third-order valence-corrected chi connectivity index (χ3v) is 7.67. The van der Waals surface area contributed by atoms with E-state index in [0.717, 1.165) is 11.3 Å². The molecule has 4 rings (SSSR count). The van der Waals surface area contributed by atoms with Crippen LogP contribution in [0.3, 0.4) is 0 Å². The molecular weight excluding hydrogens is 476 g/mol. The number of ether oxygens (including phenoxy) is 1. The Balaban J connectivity index is 1.75. The van der Waals surface area contributed by atoms with E-state index < -0.39 is 16.1 Å². The standard InChI is InChI=1S/C27H29N4O4S/c1-3-16-31(27(32)35-4-2)25-18-22(30-36(33,34)23-8-6-5-7-9-23)14-15-24(25)29-26(31)17-20-10-12-21(19-28)13-11-20/h5-15,18,26,29-30H,3-4,16-17H2,1-2H3/q+1. The molecule has 2 N–H and O–H groups in total. The number of carbonyl (C=O) groups is 1. The highest BCUT2D eigenvalue weighted by molar-refractivity contribution is 7.92. The second kappa shape index (κ2) is 10.4. The number of hydrogen-bond acceptors (Lipinski definition) is 6. The van der Waals surface area contributed by atoms with Crippen LogP contribution in [0.15, 0.2) is 77.7 Å². The second-order valence-corrected chi connectivity index (χ2v) is 10.3. The molecule has 1 amide bonds. The van der Waals surface area contributed by atoms with Gasteiger partial charge in [-0.3, -0.25) is 4.72 Å². The van der Waals surface area contributed by atoms with Gasteiger partial charge >= 0.3 is 6.09 Å². The van der Waals surface area contributed by atoms with Crippen LogP contribution >= 0.6 is 0 Å². The van der Waals surface area contributed by atoms with E-state index in [4.69, 9.17) is 10.00 Å². The fraction of sp³-hybridized carbons (Fsp3) is 0.259. The van der Waals surface area contributed by atoms with Crippen LogP contribution in [0, 0.1) is 11.3 Å². The quantitative estimate of drug-likeness (QED) is 0.406. The Hall–Kier alpha value is -3.87. The largest absolute Gasteiger partial charge is 0.523 e. The van der Waals surface area contributed by atoms with Gasteiger partial charge in [0.25, 0.3) is 10.0 Å². The van der Waals surface area contributed by atoms with Crippen molar-refractivity contribution < 1.29 is 17.9 Å². The SMILES string of the molecule is CCC[N+]1(C(=O)OCC)c2cc(NS(=O)(=O)c3ccccc3)ccc2NC1Cc1ccc(C#N)cc1. The number of nitrogens with one attached hydrogen (secondary N) is 2. The van der Waals surface area contributed by atoms with Gasteiger partial charge in [0.1, 0.15) is 5.69 Å². The van der Waals surface area contributed by atoms with Crippen LogP contribution in [0.25, 0.3) is 0 Å². The van der Waals surface area contributed by atoms with Gasteiger partial charge in [-0.1, -0.05) is 37.3 Å². The summed E-state index contributed by atoms with van der Waals surface area (Å²) in [5.74, 6) is 0. The number of quaternary nitrogens is 1. The number of nitriles is 1. The number of amides is 1. The van der Waals surface area contributed by atoms with E-state index in [-0.39, 0.29) is 22.2 Å². The molecule has 186 valence electrons. The van der Waals surface area contributed by atoms with E-state index in [2.05, 4.69) is 16.1 Å². The van der Waals surface area contributed by atoms with Crippen LogP contribution in [0.5, 0.6) is 0 Å². The van der Waals surface area contributed by atoms with Gasteiger partial charge in [0.05, 0.1) is 35.4 Å². The van der Waals surface area contributed by atoms with Crippen LogP contribution in [-0.2, 0) is 21.2 Å². The van der Waals surface area contributed by atoms with Crippen molar-refractivity contribution >= 4 is 33.2 Å². The normalized spacial score (nSPS) is 18.5. The molecular formula is C27H29N4O4S+. The number of hydrogen-bond donors (Lipinski definition) is 2. The average molecular weight is 506 g/mol. The molecule has 3 aromatic rings. The zero-order chi connectivity index (χ0) is 25.8. The Morgan fingerprint density at radius 2 is 1.81 bits per heavy atom. The van der Waals surface area contributed by atoms with E-state index in [1.807, 2.05) is 19.1 Å². The molecule has 0 fully saturated rings. The first-order valence-electron chi connectivity index (χ1n) is 11.9. The number of rotatable bonds is 8. The molecule has 1 aliphatic rings. The molecule has 1 aliphatic heterocycles. The molecule has 0 saturated heterocycles. The molecule has 1 heterocycles. The molecule has 0 saturated carbocycles. The summed E-state index contributed by atoms with van der Waals surface area (Å²) >= 11 is 0. The predicted octanol–water partition coefficient (Wildman–Crippen LogP) is 5.23. The summed E-state index contributed by atoms with van der Waals surface area (Å²) in [6.07, 6.45) is 0.439. The van der Waals surface area contributed by atoms with Gasteiger partial charge in [-0.15, -0.1) is 0 Å². The van der Waals surface area contributed by atoms with Crippen molar-refractivity contribution in [2.75, 3.05) is 23.2 Å². The third kappa shape index (κ3) is 4.78. The van der Waals surface area contributed by atoms with E-state index in [9.17, 15) is 13.2 Å². The average Bonchev–Trinajstić information content (AvgIpc) is 3.18. The monoisotopic (exact) mass is 505 g/mol. The van der Waals surface area contributed by atoms with Crippen molar-refractivity contribution in [3.8, 4) is 6.07 Å². The van der Waals surface area contributed by atoms with Crippen molar-refractivity contribution in [3.63, 3.8) is 0 Å². The van der Waals surface area contributed by atoms with Gasteiger partial charge in [0.2, 0.25) is 0 Å². The Bertz CT molecular complexity index is 1390. The fourth-order valence-electron chi connectivity index (χ4n) is 4.65. The Labute approximate surface area is 211 Å². The highest BCUT2D eigenvalue weighted by atomic mass is 32.2. The Morgan fingerprint density at radius 1 is 1.08 bits per heavy atom. The first-order valence-corrected chi connectivity index (χ1v) is 13.4. The highest BCUT2D eigenvalue weighted by Gasteiger charge is 2.53. The van der Waals surface area contributed by atoms with Crippen molar-refractivity contribution in [1.29, 1.82) is 5.26 Å². The first kappa shape index (κ1) is 25.2.